The fraction of sp³-hybridized carbons (Fsp3) is 0.500. The monoisotopic (exact) mass is 308 g/mol. The van der Waals surface area contributed by atoms with Gasteiger partial charge in [-0.1, -0.05) is 0 Å². The van der Waals surface area contributed by atoms with E-state index >= 15 is 0 Å². The Balaban J connectivity index is 1.73. The first-order valence-electron chi connectivity index (χ1n) is 6.99. The highest BCUT2D eigenvalue weighted by molar-refractivity contribution is 7.13. The maximum Gasteiger partial charge on any atom is 0.306 e. The van der Waals surface area contributed by atoms with E-state index in [4.69, 9.17) is 4.74 Å². The zero-order valence-corrected chi connectivity index (χ0v) is 13.2. The van der Waals surface area contributed by atoms with Crippen LogP contribution in [0, 0.1) is 0 Å². The fourth-order valence-electron chi connectivity index (χ4n) is 1.88. The van der Waals surface area contributed by atoms with Crippen molar-refractivity contribution in [1.29, 1.82) is 0 Å². The number of ether oxygens (including phenoxy) is 1. The summed E-state index contributed by atoms with van der Waals surface area (Å²) < 4.78 is 6.91. The van der Waals surface area contributed by atoms with Gasteiger partial charge in [-0.15, -0.1) is 11.3 Å². The molecule has 0 saturated heterocycles. The van der Waals surface area contributed by atoms with E-state index in [0.29, 0.717) is 19.4 Å². The maximum absolute atomic E-state index is 11.3. The van der Waals surface area contributed by atoms with E-state index < -0.39 is 0 Å². The van der Waals surface area contributed by atoms with Crippen molar-refractivity contribution in [2.75, 3.05) is 18.5 Å². The van der Waals surface area contributed by atoms with Gasteiger partial charge >= 0.3 is 5.97 Å². The summed E-state index contributed by atoms with van der Waals surface area (Å²) in [4.78, 5) is 20.0. The number of anilines is 1. The summed E-state index contributed by atoms with van der Waals surface area (Å²) in [6.45, 7) is 3.02. The topological polar surface area (TPSA) is 69.0 Å². The Morgan fingerprint density at radius 2 is 2.33 bits per heavy atom. The van der Waals surface area contributed by atoms with Gasteiger partial charge < -0.3 is 14.6 Å². The molecule has 2 aromatic heterocycles. The molecule has 114 valence electrons. The molecule has 0 spiro atoms. The summed E-state index contributed by atoms with van der Waals surface area (Å²) in [6, 6.07) is 0. The van der Waals surface area contributed by atoms with Gasteiger partial charge in [-0.05, 0) is 6.92 Å². The SMILES string of the molecule is CCOC(=O)CCc1csc(NCCc2nccn2C)n1. The number of rotatable bonds is 8. The molecule has 2 heterocycles. The van der Waals surface area contributed by atoms with Crippen molar-refractivity contribution in [2.24, 2.45) is 7.05 Å². The van der Waals surface area contributed by atoms with E-state index in [1.807, 2.05) is 30.1 Å². The number of aromatic nitrogens is 3. The lowest BCUT2D eigenvalue weighted by molar-refractivity contribution is -0.143. The Labute approximate surface area is 128 Å². The minimum absolute atomic E-state index is 0.171. The summed E-state index contributed by atoms with van der Waals surface area (Å²) >= 11 is 1.55. The van der Waals surface area contributed by atoms with E-state index in [2.05, 4.69) is 15.3 Å². The second kappa shape index (κ2) is 7.78. The predicted octanol–water partition coefficient (Wildman–Crippen LogP) is 2.03. The van der Waals surface area contributed by atoms with E-state index in [-0.39, 0.29) is 5.97 Å². The van der Waals surface area contributed by atoms with Crippen LogP contribution in [-0.2, 0) is 29.4 Å². The van der Waals surface area contributed by atoms with Crippen LogP contribution in [-0.4, -0.2) is 33.7 Å². The first kappa shape index (κ1) is 15.5. The minimum atomic E-state index is -0.171. The molecule has 0 aromatic carbocycles. The fourth-order valence-corrected chi connectivity index (χ4v) is 2.66. The third kappa shape index (κ3) is 4.86. The van der Waals surface area contributed by atoms with Gasteiger partial charge in [0.15, 0.2) is 5.13 Å². The van der Waals surface area contributed by atoms with Gasteiger partial charge in [0, 0.05) is 44.2 Å². The molecule has 21 heavy (non-hydrogen) atoms. The number of imidazole rings is 1. The summed E-state index contributed by atoms with van der Waals surface area (Å²) in [5.41, 5.74) is 0.924. The molecule has 6 nitrogen and oxygen atoms in total. The van der Waals surface area contributed by atoms with Gasteiger partial charge in [0.1, 0.15) is 5.82 Å². The molecule has 0 aliphatic rings. The first-order chi connectivity index (χ1) is 10.2. The number of carbonyl (C=O) groups excluding carboxylic acids is 1. The minimum Gasteiger partial charge on any atom is -0.466 e. The molecule has 0 saturated carbocycles. The smallest absolute Gasteiger partial charge is 0.306 e. The molecule has 0 amide bonds. The van der Waals surface area contributed by atoms with Crippen LogP contribution in [0.25, 0.3) is 0 Å². The summed E-state index contributed by atoms with van der Waals surface area (Å²) in [6.07, 6.45) is 5.58. The Hall–Kier alpha value is -1.89. The van der Waals surface area contributed by atoms with Crippen LogP contribution in [0.15, 0.2) is 17.8 Å². The van der Waals surface area contributed by atoms with E-state index in [0.717, 1.165) is 29.6 Å². The third-order valence-electron chi connectivity index (χ3n) is 2.99. The Morgan fingerprint density at radius 1 is 1.48 bits per heavy atom. The maximum atomic E-state index is 11.3. The van der Waals surface area contributed by atoms with Gasteiger partial charge in [-0.25, -0.2) is 9.97 Å². The van der Waals surface area contributed by atoms with Crippen LogP contribution in [0.3, 0.4) is 0 Å². The van der Waals surface area contributed by atoms with E-state index in [1.54, 1.807) is 17.5 Å². The standard InChI is InChI=1S/C14H20N4O2S/c1-3-20-13(19)5-4-11-10-21-14(17-11)16-7-6-12-15-8-9-18(12)2/h8-10H,3-7H2,1-2H3,(H,16,17). The normalized spacial score (nSPS) is 10.6. The lowest BCUT2D eigenvalue weighted by Gasteiger charge is -2.03. The summed E-state index contributed by atoms with van der Waals surface area (Å²) in [5.74, 6) is 0.872. The summed E-state index contributed by atoms with van der Waals surface area (Å²) in [7, 11) is 1.99. The van der Waals surface area contributed by atoms with Crippen molar-refractivity contribution in [2.45, 2.75) is 26.2 Å². The summed E-state index contributed by atoms with van der Waals surface area (Å²) in [5, 5.41) is 6.13. The molecule has 0 aliphatic carbocycles. The molecule has 2 rings (SSSR count). The highest BCUT2D eigenvalue weighted by atomic mass is 32.1. The van der Waals surface area contributed by atoms with Crippen molar-refractivity contribution in [3.8, 4) is 0 Å². The van der Waals surface area contributed by atoms with Crippen LogP contribution in [0.5, 0.6) is 0 Å². The van der Waals surface area contributed by atoms with Crippen molar-refractivity contribution in [3.63, 3.8) is 0 Å². The zero-order chi connectivity index (χ0) is 15.1. The highest BCUT2D eigenvalue weighted by Crippen LogP contribution is 2.16. The molecule has 1 N–H and O–H groups in total. The van der Waals surface area contributed by atoms with Gasteiger partial charge in [0.05, 0.1) is 18.7 Å². The second-order valence-electron chi connectivity index (χ2n) is 4.58. The average molecular weight is 308 g/mol. The number of aryl methyl sites for hydroxylation is 2. The van der Waals surface area contributed by atoms with Gasteiger partial charge in [-0.2, -0.15) is 0 Å². The quantitative estimate of drug-likeness (QED) is 0.756. The lowest BCUT2D eigenvalue weighted by atomic mass is 10.2. The predicted molar refractivity (Wildman–Crippen MR) is 82.5 cm³/mol. The zero-order valence-electron chi connectivity index (χ0n) is 12.3. The number of esters is 1. The van der Waals surface area contributed by atoms with Gasteiger partial charge in [0.25, 0.3) is 0 Å². The molecular formula is C14H20N4O2S. The number of hydrogen-bond acceptors (Lipinski definition) is 6. The number of hydrogen-bond donors (Lipinski definition) is 1. The molecular weight excluding hydrogens is 288 g/mol. The first-order valence-corrected chi connectivity index (χ1v) is 7.87. The van der Waals surface area contributed by atoms with Crippen LogP contribution in [0.1, 0.15) is 24.9 Å². The average Bonchev–Trinajstić information content (AvgIpc) is 3.07. The third-order valence-corrected chi connectivity index (χ3v) is 3.84. The molecule has 0 unspecified atom stereocenters. The Bertz CT molecular complexity index is 579. The van der Waals surface area contributed by atoms with Crippen LogP contribution >= 0.6 is 11.3 Å². The van der Waals surface area contributed by atoms with Crippen LogP contribution in [0.4, 0.5) is 5.13 Å². The Morgan fingerprint density at radius 3 is 3.05 bits per heavy atom. The molecule has 0 atom stereocenters. The van der Waals surface area contributed by atoms with Crippen LogP contribution in [0.2, 0.25) is 0 Å². The van der Waals surface area contributed by atoms with Crippen molar-refractivity contribution in [3.05, 3.63) is 29.3 Å². The van der Waals surface area contributed by atoms with Crippen molar-refractivity contribution in [1.82, 2.24) is 14.5 Å². The number of nitrogens with zero attached hydrogens (tertiary/aromatic N) is 3. The Kier molecular flexibility index (Phi) is 5.74. The molecule has 0 aliphatic heterocycles. The van der Waals surface area contributed by atoms with E-state index in [1.165, 1.54) is 0 Å². The van der Waals surface area contributed by atoms with Crippen LogP contribution < -0.4 is 5.32 Å². The second-order valence-corrected chi connectivity index (χ2v) is 5.44. The van der Waals surface area contributed by atoms with Gasteiger partial charge in [0.2, 0.25) is 0 Å². The molecule has 0 radical (unpaired) electrons. The largest absolute Gasteiger partial charge is 0.466 e. The van der Waals surface area contributed by atoms with E-state index in [9.17, 15) is 4.79 Å². The number of nitrogens with one attached hydrogen (secondary N) is 1. The number of thiazole rings is 1. The molecule has 0 fully saturated rings. The van der Waals surface area contributed by atoms with Crippen molar-refractivity contribution < 1.29 is 9.53 Å². The molecule has 0 bridgehead atoms. The number of carbonyl (C=O) groups is 1. The molecule has 7 heteroatoms. The highest BCUT2D eigenvalue weighted by Gasteiger charge is 2.06. The van der Waals surface area contributed by atoms with Crippen molar-refractivity contribution >= 4 is 22.4 Å². The molecule has 2 aromatic rings. The van der Waals surface area contributed by atoms with Gasteiger partial charge in [-0.3, -0.25) is 4.79 Å². The lowest BCUT2D eigenvalue weighted by Crippen LogP contribution is -2.08.